The van der Waals surface area contributed by atoms with Gasteiger partial charge in [0.15, 0.2) is 5.65 Å². The molecule has 8 heteroatoms. The largest absolute Gasteiger partial charge is 0.444 e. The zero-order chi connectivity index (χ0) is 20.3. The summed E-state index contributed by atoms with van der Waals surface area (Å²) >= 11 is 0. The molecule has 8 nitrogen and oxygen atoms in total. The van der Waals surface area contributed by atoms with Crippen LogP contribution in [0.4, 0.5) is 4.79 Å². The van der Waals surface area contributed by atoms with E-state index in [1.54, 1.807) is 21.8 Å². The van der Waals surface area contributed by atoms with E-state index < -0.39 is 11.1 Å². The maximum atomic E-state index is 12.9. The monoisotopic (exact) mass is 385 g/mol. The number of carbonyl (C=O) groups excluding carboxylic acids is 2. The van der Waals surface area contributed by atoms with Crippen molar-refractivity contribution in [2.24, 2.45) is 17.8 Å². The summed E-state index contributed by atoms with van der Waals surface area (Å²) in [5.74, 6) is 0.395. The number of hydrogen-bond donors (Lipinski definition) is 1. The first-order valence-electron chi connectivity index (χ1n) is 9.66. The van der Waals surface area contributed by atoms with Gasteiger partial charge in [0.05, 0.1) is 17.4 Å². The summed E-state index contributed by atoms with van der Waals surface area (Å²) in [4.78, 5) is 31.1. The molecule has 0 radical (unpaired) electrons. The molecule has 0 aromatic carbocycles. The second kappa shape index (κ2) is 6.18. The van der Waals surface area contributed by atoms with E-state index in [1.807, 2.05) is 46.8 Å². The topological polar surface area (TPSA) is 88.8 Å². The van der Waals surface area contributed by atoms with Gasteiger partial charge in [-0.2, -0.15) is 5.10 Å². The lowest BCUT2D eigenvalue weighted by Crippen LogP contribution is -2.44. The summed E-state index contributed by atoms with van der Waals surface area (Å²) in [5.41, 5.74) is 0.466. The fourth-order valence-corrected chi connectivity index (χ4v) is 4.10. The predicted molar refractivity (Wildman–Crippen MR) is 102 cm³/mol. The van der Waals surface area contributed by atoms with E-state index in [-0.39, 0.29) is 29.8 Å². The molecule has 150 valence electrons. The van der Waals surface area contributed by atoms with Crippen LogP contribution in [0.3, 0.4) is 0 Å². The Bertz CT molecular complexity index is 917. The van der Waals surface area contributed by atoms with Crippen LogP contribution >= 0.6 is 0 Å². The van der Waals surface area contributed by atoms with Crippen LogP contribution in [0.1, 0.15) is 40.3 Å². The summed E-state index contributed by atoms with van der Waals surface area (Å²) in [6.07, 6.45) is 3.16. The van der Waals surface area contributed by atoms with E-state index in [9.17, 15) is 9.59 Å². The number of piperidine rings is 1. The van der Waals surface area contributed by atoms with Crippen LogP contribution in [-0.4, -0.2) is 50.2 Å². The standard InChI is InChI=1S/C20H27N5O3/c1-19(2,3)28-18(27)24-10-12-13(11-24)16(12)17(26)23-20(4,5)14-9-21-15-7-6-8-22-25(14)15/h6-9,12-13,16H,10-11H2,1-5H3,(H,23,26)/t12-,13?,16?/m0/s1. The first-order valence-corrected chi connectivity index (χ1v) is 9.66. The van der Waals surface area contributed by atoms with Crippen molar-refractivity contribution in [3.8, 4) is 0 Å². The number of amides is 2. The van der Waals surface area contributed by atoms with Gasteiger partial charge in [0.25, 0.3) is 0 Å². The summed E-state index contributed by atoms with van der Waals surface area (Å²) < 4.78 is 7.17. The van der Waals surface area contributed by atoms with Crippen molar-refractivity contribution >= 4 is 17.6 Å². The molecule has 3 heterocycles. The van der Waals surface area contributed by atoms with Gasteiger partial charge in [-0.1, -0.05) is 0 Å². The van der Waals surface area contributed by atoms with Gasteiger partial charge >= 0.3 is 6.09 Å². The number of carbonyl (C=O) groups is 2. The lowest BCUT2D eigenvalue weighted by molar-refractivity contribution is -0.125. The van der Waals surface area contributed by atoms with Crippen molar-refractivity contribution < 1.29 is 14.3 Å². The molecule has 2 amide bonds. The second-order valence-corrected chi connectivity index (χ2v) is 9.29. The van der Waals surface area contributed by atoms with Crippen molar-refractivity contribution in [3.63, 3.8) is 0 Å². The van der Waals surface area contributed by atoms with Crippen LogP contribution in [0.5, 0.6) is 0 Å². The average Bonchev–Trinajstić information content (AvgIpc) is 2.96. The van der Waals surface area contributed by atoms with Gasteiger partial charge in [-0.25, -0.2) is 14.3 Å². The molecule has 4 rings (SSSR count). The Morgan fingerprint density at radius 2 is 1.86 bits per heavy atom. The van der Waals surface area contributed by atoms with Crippen LogP contribution in [0.15, 0.2) is 24.5 Å². The molecule has 2 aromatic heterocycles. The SMILES string of the molecule is CC(C)(C)OC(=O)N1CC2C(C(=O)NC(C)(C)c3cnc4cccnn34)[C@H]2C1. The lowest BCUT2D eigenvalue weighted by atomic mass is 10.0. The predicted octanol–water partition coefficient (Wildman–Crippen LogP) is 2.19. The highest BCUT2D eigenvalue weighted by atomic mass is 16.6. The number of ether oxygens (including phenoxy) is 1. The molecule has 0 spiro atoms. The van der Waals surface area contributed by atoms with Gasteiger partial charge in [0.2, 0.25) is 5.91 Å². The van der Waals surface area contributed by atoms with Gasteiger partial charge in [0.1, 0.15) is 5.60 Å². The zero-order valence-electron chi connectivity index (χ0n) is 17.0. The Balaban J connectivity index is 1.38. The number of hydrogen-bond acceptors (Lipinski definition) is 5. The van der Waals surface area contributed by atoms with E-state index in [1.165, 1.54) is 0 Å². The first-order chi connectivity index (χ1) is 13.1. The minimum absolute atomic E-state index is 0.0229. The van der Waals surface area contributed by atoms with Gasteiger partial charge in [-0.3, -0.25) is 4.79 Å². The summed E-state index contributed by atoms with van der Waals surface area (Å²) in [7, 11) is 0. The highest BCUT2D eigenvalue weighted by Crippen LogP contribution is 2.52. The molecule has 2 aromatic rings. The molecule has 2 fully saturated rings. The Kier molecular flexibility index (Phi) is 4.13. The maximum absolute atomic E-state index is 12.9. The number of fused-ring (bicyclic) bond motifs is 2. The summed E-state index contributed by atoms with van der Waals surface area (Å²) in [6, 6.07) is 3.71. The second-order valence-electron chi connectivity index (χ2n) is 9.29. The third-order valence-electron chi connectivity index (χ3n) is 5.50. The maximum Gasteiger partial charge on any atom is 0.410 e. The van der Waals surface area contributed by atoms with Crippen LogP contribution in [0, 0.1) is 17.8 Å². The van der Waals surface area contributed by atoms with Crippen LogP contribution in [-0.2, 0) is 15.1 Å². The molecule has 1 aliphatic carbocycles. The van der Waals surface area contributed by atoms with Crippen molar-refractivity contribution in [2.75, 3.05) is 13.1 Å². The summed E-state index contributed by atoms with van der Waals surface area (Å²) in [6.45, 7) is 10.6. The Morgan fingerprint density at radius 3 is 2.50 bits per heavy atom. The minimum atomic E-state index is -0.605. The van der Waals surface area contributed by atoms with Crippen LogP contribution < -0.4 is 5.32 Å². The highest BCUT2D eigenvalue weighted by Gasteiger charge is 2.61. The number of aromatic nitrogens is 3. The third-order valence-corrected chi connectivity index (χ3v) is 5.50. The molecular formula is C20H27N5O3. The van der Waals surface area contributed by atoms with Crippen molar-refractivity contribution in [3.05, 3.63) is 30.2 Å². The molecule has 1 saturated carbocycles. The van der Waals surface area contributed by atoms with E-state index >= 15 is 0 Å². The van der Waals surface area contributed by atoms with Crippen molar-refractivity contribution in [1.82, 2.24) is 24.8 Å². The molecule has 1 aliphatic heterocycles. The molecular weight excluding hydrogens is 358 g/mol. The van der Waals surface area contributed by atoms with Crippen molar-refractivity contribution in [1.29, 1.82) is 0 Å². The van der Waals surface area contributed by atoms with Gasteiger partial charge < -0.3 is 15.0 Å². The Labute approximate surface area is 164 Å². The minimum Gasteiger partial charge on any atom is -0.444 e. The summed E-state index contributed by atoms with van der Waals surface area (Å²) in [5, 5.41) is 7.48. The highest BCUT2D eigenvalue weighted by molar-refractivity contribution is 5.84. The average molecular weight is 385 g/mol. The van der Waals surface area contributed by atoms with E-state index in [4.69, 9.17) is 4.74 Å². The van der Waals surface area contributed by atoms with E-state index in [0.29, 0.717) is 13.1 Å². The molecule has 1 saturated heterocycles. The first kappa shape index (κ1) is 18.7. The molecule has 2 unspecified atom stereocenters. The molecule has 3 atom stereocenters. The fraction of sp³-hybridized carbons (Fsp3) is 0.600. The van der Waals surface area contributed by atoms with Crippen LogP contribution in [0.2, 0.25) is 0 Å². The fourth-order valence-electron chi connectivity index (χ4n) is 4.10. The third kappa shape index (κ3) is 3.31. The Morgan fingerprint density at radius 1 is 1.18 bits per heavy atom. The molecule has 1 N–H and O–H groups in total. The number of nitrogens with one attached hydrogen (secondary N) is 1. The van der Waals surface area contributed by atoms with Gasteiger partial charge in [-0.15, -0.1) is 0 Å². The molecule has 28 heavy (non-hydrogen) atoms. The smallest absolute Gasteiger partial charge is 0.410 e. The number of rotatable bonds is 3. The quantitative estimate of drug-likeness (QED) is 0.875. The van der Waals surface area contributed by atoms with E-state index in [0.717, 1.165) is 11.3 Å². The van der Waals surface area contributed by atoms with Crippen molar-refractivity contribution in [2.45, 2.75) is 45.8 Å². The van der Waals surface area contributed by atoms with Gasteiger partial charge in [0, 0.05) is 25.2 Å². The zero-order valence-corrected chi connectivity index (χ0v) is 17.0. The normalized spacial score (nSPS) is 24.2. The number of nitrogens with zero attached hydrogens (tertiary/aromatic N) is 4. The van der Waals surface area contributed by atoms with Gasteiger partial charge in [-0.05, 0) is 58.6 Å². The lowest BCUT2D eigenvalue weighted by Gasteiger charge is -2.27. The van der Waals surface area contributed by atoms with E-state index in [2.05, 4.69) is 15.4 Å². The molecule has 2 aliphatic rings. The number of likely N-dealkylation sites (tertiary alicyclic amines) is 1. The molecule has 0 bridgehead atoms. The number of imidazole rings is 1. The Hall–Kier alpha value is -2.64. The van der Waals surface area contributed by atoms with Crippen LogP contribution in [0.25, 0.3) is 5.65 Å².